The number of hydrogen-bond acceptors (Lipinski definition) is 8. The molecule has 0 spiro atoms. The normalized spacial score (nSPS) is 14.0. The van der Waals surface area contributed by atoms with E-state index in [2.05, 4.69) is 41.0 Å². The molecule has 186 valence electrons. The molecule has 0 unspecified atom stereocenters. The van der Waals surface area contributed by atoms with Crippen molar-refractivity contribution >= 4 is 56.7 Å². The monoisotopic (exact) mass is 526 g/mol. The number of hydrogen-bond donors (Lipinski definition) is 4. The van der Waals surface area contributed by atoms with E-state index in [0.29, 0.717) is 62.8 Å². The minimum atomic E-state index is -0.471. The molecule has 0 atom stereocenters. The van der Waals surface area contributed by atoms with Crippen molar-refractivity contribution in [3.05, 3.63) is 53.3 Å². The molecule has 1 aromatic carbocycles. The standard InChI is InChI=1S/C23H23ClN8O3S/c24-16-3-1-2-4-17(16)29-22(34)30-23-26-13-19(36-23)18-11-14(15-12-27-31-20(15)28-18)21(33)25-5-6-32-7-9-35-10-8-32/h1-4,11-13H,5-10H2,(H,25,33)(H,27,28,31)(H2,26,29,30,34). The number of morpholine rings is 1. The van der Waals surface area contributed by atoms with Gasteiger partial charge in [-0.05, 0) is 18.2 Å². The number of benzene rings is 1. The Kier molecular flexibility index (Phi) is 7.37. The number of thiazole rings is 1. The van der Waals surface area contributed by atoms with E-state index in [-0.39, 0.29) is 5.91 Å². The van der Waals surface area contributed by atoms with Crippen molar-refractivity contribution in [2.75, 3.05) is 50.0 Å². The topological polar surface area (TPSA) is 137 Å². The van der Waals surface area contributed by atoms with E-state index in [1.54, 1.807) is 42.7 Å². The fourth-order valence-electron chi connectivity index (χ4n) is 3.75. The van der Waals surface area contributed by atoms with Gasteiger partial charge in [-0.15, -0.1) is 0 Å². The molecule has 1 saturated heterocycles. The number of ether oxygens (including phenoxy) is 1. The summed E-state index contributed by atoms with van der Waals surface area (Å²) in [5, 5.41) is 16.7. The van der Waals surface area contributed by atoms with E-state index in [0.717, 1.165) is 19.6 Å². The summed E-state index contributed by atoms with van der Waals surface area (Å²) in [4.78, 5) is 37.2. The molecule has 4 aromatic rings. The van der Waals surface area contributed by atoms with Crippen LogP contribution < -0.4 is 16.0 Å². The number of halogens is 1. The van der Waals surface area contributed by atoms with E-state index >= 15 is 0 Å². The zero-order valence-electron chi connectivity index (χ0n) is 19.1. The summed E-state index contributed by atoms with van der Waals surface area (Å²) in [5.41, 5.74) is 1.99. The van der Waals surface area contributed by atoms with Gasteiger partial charge in [0.1, 0.15) is 0 Å². The highest BCUT2D eigenvalue weighted by molar-refractivity contribution is 7.19. The van der Waals surface area contributed by atoms with Crippen molar-refractivity contribution < 1.29 is 14.3 Å². The van der Waals surface area contributed by atoms with Crippen molar-refractivity contribution in [3.63, 3.8) is 0 Å². The largest absolute Gasteiger partial charge is 0.379 e. The van der Waals surface area contributed by atoms with Crippen LogP contribution in [0.15, 0.2) is 42.7 Å². The molecule has 5 rings (SSSR count). The minimum Gasteiger partial charge on any atom is -0.379 e. The maximum atomic E-state index is 13.0. The van der Waals surface area contributed by atoms with Crippen LogP contribution in [0.5, 0.6) is 0 Å². The van der Waals surface area contributed by atoms with Crippen molar-refractivity contribution in [1.82, 2.24) is 30.4 Å². The zero-order chi connectivity index (χ0) is 24.9. The molecular weight excluding hydrogens is 504 g/mol. The first-order valence-electron chi connectivity index (χ1n) is 11.3. The van der Waals surface area contributed by atoms with Crippen LogP contribution in [-0.4, -0.2) is 76.4 Å². The second kappa shape index (κ2) is 11.0. The highest BCUT2D eigenvalue weighted by atomic mass is 35.5. The Bertz CT molecular complexity index is 1380. The second-order valence-corrected chi connectivity index (χ2v) is 9.42. The molecule has 3 amide bonds. The molecule has 3 aromatic heterocycles. The van der Waals surface area contributed by atoms with Crippen molar-refractivity contribution in [2.45, 2.75) is 0 Å². The average molecular weight is 527 g/mol. The fraction of sp³-hybridized carbons (Fsp3) is 0.261. The van der Waals surface area contributed by atoms with Gasteiger partial charge in [0, 0.05) is 32.4 Å². The van der Waals surface area contributed by atoms with Gasteiger partial charge in [-0.3, -0.25) is 20.1 Å². The van der Waals surface area contributed by atoms with Gasteiger partial charge in [-0.2, -0.15) is 5.10 Å². The summed E-state index contributed by atoms with van der Waals surface area (Å²) in [7, 11) is 0. The van der Waals surface area contributed by atoms with Gasteiger partial charge in [0.05, 0.1) is 51.6 Å². The quantitative estimate of drug-likeness (QED) is 0.289. The maximum absolute atomic E-state index is 13.0. The number of rotatable bonds is 7. The molecule has 4 N–H and O–H groups in total. The van der Waals surface area contributed by atoms with Crippen molar-refractivity contribution in [3.8, 4) is 10.6 Å². The Morgan fingerprint density at radius 3 is 2.83 bits per heavy atom. The second-order valence-electron chi connectivity index (χ2n) is 7.99. The Morgan fingerprint density at radius 2 is 2.00 bits per heavy atom. The van der Waals surface area contributed by atoms with E-state index in [1.165, 1.54) is 11.3 Å². The Balaban J connectivity index is 1.28. The number of carbonyl (C=O) groups is 2. The molecule has 1 aliphatic rings. The molecule has 0 saturated carbocycles. The van der Waals surface area contributed by atoms with Gasteiger partial charge in [-0.1, -0.05) is 35.1 Å². The number of H-pyrrole nitrogens is 1. The number of fused-ring (bicyclic) bond motifs is 1. The Hall–Kier alpha value is -3.58. The molecule has 36 heavy (non-hydrogen) atoms. The van der Waals surface area contributed by atoms with Crippen LogP contribution in [0, 0.1) is 0 Å². The summed E-state index contributed by atoms with van der Waals surface area (Å²) in [6, 6.07) is 8.18. The Labute approximate surface area is 215 Å². The molecule has 0 radical (unpaired) electrons. The SMILES string of the molecule is O=C(Nc1ncc(-c2cc(C(=O)NCCN3CCOCC3)c3cn[nH]c3n2)s1)Nc1ccccc1Cl. The predicted molar refractivity (Wildman–Crippen MR) is 139 cm³/mol. The van der Waals surface area contributed by atoms with Crippen LogP contribution in [0.4, 0.5) is 15.6 Å². The average Bonchev–Trinajstić information content (AvgIpc) is 3.55. The molecule has 4 heterocycles. The number of carbonyl (C=O) groups excluding carboxylic acids is 2. The summed E-state index contributed by atoms with van der Waals surface area (Å²) in [5.74, 6) is -0.208. The summed E-state index contributed by atoms with van der Waals surface area (Å²) in [6.07, 6.45) is 3.18. The first-order valence-corrected chi connectivity index (χ1v) is 12.5. The van der Waals surface area contributed by atoms with E-state index in [4.69, 9.17) is 16.3 Å². The summed E-state index contributed by atoms with van der Waals surface area (Å²) in [6.45, 7) is 4.42. The summed E-state index contributed by atoms with van der Waals surface area (Å²) < 4.78 is 5.36. The number of urea groups is 1. The van der Waals surface area contributed by atoms with Crippen LogP contribution in [0.2, 0.25) is 5.02 Å². The smallest absolute Gasteiger partial charge is 0.325 e. The van der Waals surface area contributed by atoms with Gasteiger partial charge >= 0.3 is 6.03 Å². The zero-order valence-corrected chi connectivity index (χ0v) is 20.7. The fourth-order valence-corrected chi connectivity index (χ4v) is 4.71. The Morgan fingerprint density at radius 1 is 1.17 bits per heavy atom. The molecular formula is C23H23ClN8O3S. The van der Waals surface area contributed by atoms with Crippen LogP contribution in [0.1, 0.15) is 10.4 Å². The lowest BCUT2D eigenvalue weighted by molar-refractivity contribution is 0.0383. The number of anilines is 2. The van der Waals surface area contributed by atoms with Crippen molar-refractivity contribution in [2.24, 2.45) is 0 Å². The van der Waals surface area contributed by atoms with Crippen LogP contribution in [-0.2, 0) is 4.74 Å². The lowest BCUT2D eigenvalue weighted by Gasteiger charge is -2.26. The molecule has 13 heteroatoms. The molecule has 1 fully saturated rings. The number of amides is 3. The molecule has 0 bridgehead atoms. The summed E-state index contributed by atoms with van der Waals surface area (Å²) >= 11 is 7.33. The predicted octanol–water partition coefficient (Wildman–Crippen LogP) is 3.44. The van der Waals surface area contributed by atoms with Gasteiger partial charge in [0.15, 0.2) is 10.8 Å². The molecule has 11 nitrogen and oxygen atoms in total. The number of aromatic amines is 1. The lowest BCUT2D eigenvalue weighted by atomic mass is 10.1. The minimum absolute atomic E-state index is 0.208. The van der Waals surface area contributed by atoms with Crippen LogP contribution in [0.25, 0.3) is 21.6 Å². The number of para-hydroxylation sites is 1. The third-order valence-electron chi connectivity index (χ3n) is 5.59. The van der Waals surface area contributed by atoms with E-state index in [1.807, 2.05) is 0 Å². The number of aromatic nitrogens is 4. The van der Waals surface area contributed by atoms with Crippen LogP contribution in [0.3, 0.4) is 0 Å². The first-order chi connectivity index (χ1) is 17.6. The van der Waals surface area contributed by atoms with Gasteiger partial charge in [-0.25, -0.2) is 14.8 Å². The highest BCUT2D eigenvalue weighted by Crippen LogP contribution is 2.30. The van der Waals surface area contributed by atoms with E-state index in [9.17, 15) is 9.59 Å². The number of pyridine rings is 1. The molecule has 0 aliphatic carbocycles. The van der Waals surface area contributed by atoms with E-state index < -0.39 is 6.03 Å². The number of nitrogens with zero attached hydrogens (tertiary/aromatic N) is 4. The van der Waals surface area contributed by atoms with Gasteiger partial charge < -0.3 is 15.4 Å². The third kappa shape index (κ3) is 5.62. The maximum Gasteiger partial charge on any atom is 0.325 e. The van der Waals surface area contributed by atoms with Gasteiger partial charge in [0.2, 0.25) is 0 Å². The lowest BCUT2D eigenvalue weighted by Crippen LogP contribution is -2.41. The van der Waals surface area contributed by atoms with Crippen LogP contribution >= 0.6 is 22.9 Å². The number of nitrogens with one attached hydrogen (secondary N) is 4. The van der Waals surface area contributed by atoms with Gasteiger partial charge in [0.25, 0.3) is 5.91 Å². The third-order valence-corrected chi connectivity index (χ3v) is 6.85. The first kappa shape index (κ1) is 24.1. The van der Waals surface area contributed by atoms with Crippen molar-refractivity contribution in [1.29, 1.82) is 0 Å². The molecule has 1 aliphatic heterocycles. The highest BCUT2D eigenvalue weighted by Gasteiger charge is 2.18.